The zero-order chi connectivity index (χ0) is 10.2. The Balaban J connectivity index is 2.41. The van der Waals surface area contributed by atoms with Crippen molar-refractivity contribution in [1.82, 2.24) is 0 Å². The van der Waals surface area contributed by atoms with E-state index in [9.17, 15) is 9.90 Å². The molecule has 0 heterocycles. The summed E-state index contributed by atoms with van der Waals surface area (Å²) in [6.07, 6.45) is 2.38. The highest BCUT2D eigenvalue weighted by Crippen LogP contribution is 2.31. The molecule has 0 radical (unpaired) electrons. The summed E-state index contributed by atoms with van der Waals surface area (Å²) < 4.78 is 1.07. The molecule has 1 N–H and O–H groups in total. The van der Waals surface area contributed by atoms with E-state index in [2.05, 4.69) is 15.9 Å². The van der Waals surface area contributed by atoms with Gasteiger partial charge in [-0.2, -0.15) is 0 Å². The fraction of sp³-hybridized carbons (Fsp3) is 0.364. The number of hydrogen-bond acceptors (Lipinski definition) is 2. The van der Waals surface area contributed by atoms with E-state index >= 15 is 0 Å². The monoisotopic (exact) mass is 254 g/mol. The van der Waals surface area contributed by atoms with E-state index in [-0.39, 0.29) is 0 Å². The molecule has 0 amide bonds. The fourth-order valence-corrected chi connectivity index (χ4v) is 2.51. The molecule has 1 aliphatic rings. The van der Waals surface area contributed by atoms with Crippen LogP contribution in [0.25, 0.3) is 0 Å². The molecule has 3 heteroatoms. The Morgan fingerprint density at radius 2 is 2.29 bits per heavy atom. The van der Waals surface area contributed by atoms with Gasteiger partial charge in [0.25, 0.3) is 0 Å². The van der Waals surface area contributed by atoms with Crippen LogP contribution in [-0.2, 0) is 17.6 Å². The molecule has 2 rings (SSSR count). The van der Waals surface area contributed by atoms with Crippen LogP contribution in [0.5, 0.6) is 0 Å². The predicted octanol–water partition coefficient (Wildman–Crippen LogP) is 1.87. The quantitative estimate of drug-likeness (QED) is 0.778. The van der Waals surface area contributed by atoms with Crippen molar-refractivity contribution in [2.24, 2.45) is 0 Å². The maximum absolute atomic E-state index is 10.7. The largest absolute Gasteiger partial charge is 0.382 e. The molecule has 1 aromatic rings. The molecule has 1 aromatic carbocycles. The third kappa shape index (κ3) is 1.62. The fourth-order valence-electron chi connectivity index (χ4n) is 1.91. The normalized spacial score (nSPS) is 25.6. The van der Waals surface area contributed by atoms with Crippen molar-refractivity contribution >= 4 is 22.2 Å². The van der Waals surface area contributed by atoms with Crippen molar-refractivity contribution in [2.75, 3.05) is 0 Å². The third-order valence-electron chi connectivity index (χ3n) is 2.74. The summed E-state index contributed by atoms with van der Waals surface area (Å²) in [6, 6.07) is 5.89. The first-order chi connectivity index (χ1) is 6.64. The number of hydrogen-bond donors (Lipinski definition) is 1. The maximum Gasteiger partial charge on any atom is 0.151 e. The highest BCUT2D eigenvalue weighted by atomic mass is 79.9. The zero-order valence-electron chi connectivity index (χ0n) is 7.66. The lowest BCUT2D eigenvalue weighted by Gasteiger charge is -2.29. The number of benzene rings is 1. The first-order valence-corrected chi connectivity index (χ1v) is 5.39. The highest BCUT2D eigenvalue weighted by Gasteiger charge is 2.32. The third-order valence-corrected chi connectivity index (χ3v) is 3.48. The average molecular weight is 255 g/mol. The molecular weight excluding hydrogens is 244 g/mol. The number of fused-ring (bicyclic) bond motifs is 1. The van der Waals surface area contributed by atoms with Gasteiger partial charge in [-0.15, -0.1) is 0 Å². The summed E-state index contributed by atoms with van der Waals surface area (Å²) in [7, 11) is 0. The minimum atomic E-state index is -1.15. The minimum absolute atomic E-state index is 0.436. The molecule has 0 fully saturated rings. The Hall–Kier alpha value is -0.670. The lowest BCUT2D eigenvalue weighted by molar-refractivity contribution is -0.125. The molecule has 0 spiro atoms. The molecule has 1 aliphatic carbocycles. The van der Waals surface area contributed by atoms with E-state index < -0.39 is 5.60 Å². The van der Waals surface area contributed by atoms with Gasteiger partial charge < -0.3 is 9.90 Å². The van der Waals surface area contributed by atoms with Crippen molar-refractivity contribution < 1.29 is 9.90 Å². The molecule has 0 aliphatic heterocycles. The molecular formula is C11H11BrO2. The molecule has 14 heavy (non-hydrogen) atoms. The van der Waals surface area contributed by atoms with E-state index in [1.54, 1.807) is 0 Å². The Morgan fingerprint density at radius 1 is 1.50 bits per heavy atom. The van der Waals surface area contributed by atoms with Crippen LogP contribution in [0.2, 0.25) is 0 Å². The van der Waals surface area contributed by atoms with Crippen LogP contribution in [0.3, 0.4) is 0 Å². The average Bonchev–Trinajstić information content (AvgIpc) is 2.18. The lowest BCUT2D eigenvalue weighted by atomic mass is 9.81. The van der Waals surface area contributed by atoms with Crippen LogP contribution in [-0.4, -0.2) is 17.0 Å². The number of aliphatic hydroxyl groups is 1. The molecule has 0 aromatic heterocycles. The Bertz CT molecular complexity index is 376. The van der Waals surface area contributed by atoms with Gasteiger partial charge in [0.1, 0.15) is 5.60 Å². The van der Waals surface area contributed by atoms with Gasteiger partial charge in [-0.25, -0.2) is 0 Å². The van der Waals surface area contributed by atoms with Crippen LogP contribution in [0.1, 0.15) is 17.5 Å². The van der Waals surface area contributed by atoms with E-state index in [1.165, 1.54) is 5.56 Å². The molecule has 0 saturated heterocycles. The second-order valence-corrected chi connectivity index (χ2v) is 4.63. The van der Waals surface area contributed by atoms with Crippen molar-refractivity contribution in [3.63, 3.8) is 0 Å². The van der Waals surface area contributed by atoms with Crippen molar-refractivity contribution in [2.45, 2.75) is 24.9 Å². The standard InChI is InChI=1S/C11H11BrO2/c12-10-3-1-2-8-6-11(14,7-13)5-4-9(8)10/h1-3,7,14H,4-6H2. The Morgan fingerprint density at radius 3 is 3.00 bits per heavy atom. The van der Waals surface area contributed by atoms with Crippen molar-refractivity contribution in [3.05, 3.63) is 33.8 Å². The summed E-state index contributed by atoms with van der Waals surface area (Å²) in [4.78, 5) is 10.7. The number of rotatable bonds is 1. The van der Waals surface area contributed by atoms with Crippen molar-refractivity contribution in [3.8, 4) is 0 Å². The van der Waals surface area contributed by atoms with Gasteiger partial charge in [-0.1, -0.05) is 28.1 Å². The predicted molar refractivity (Wildman–Crippen MR) is 57.2 cm³/mol. The molecule has 0 saturated carbocycles. The van der Waals surface area contributed by atoms with E-state index in [0.29, 0.717) is 19.1 Å². The van der Waals surface area contributed by atoms with Crippen LogP contribution in [0.4, 0.5) is 0 Å². The number of aldehydes is 1. The SMILES string of the molecule is O=CC1(O)CCc2c(Br)cccc2C1. The number of carbonyl (C=O) groups excluding carboxylic acids is 1. The van der Waals surface area contributed by atoms with Gasteiger partial charge in [0, 0.05) is 10.9 Å². The first-order valence-electron chi connectivity index (χ1n) is 4.60. The van der Waals surface area contributed by atoms with Gasteiger partial charge in [0.05, 0.1) is 0 Å². The molecule has 1 unspecified atom stereocenters. The van der Waals surface area contributed by atoms with Gasteiger partial charge in [0.2, 0.25) is 0 Å². The summed E-state index contributed by atoms with van der Waals surface area (Å²) in [5.74, 6) is 0. The molecule has 1 atom stereocenters. The van der Waals surface area contributed by atoms with Gasteiger partial charge in [-0.3, -0.25) is 0 Å². The van der Waals surface area contributed by atoms with E-state index in [4.69, 9.17) is 0 Å². The van der Waals surface area contributed by atoms with Crippen LogP contribution in [0, 0.1) is 0 Å². The summed E-state index contributed by atoms with van der Waals surface area (Å²) in [5.41, 5.74) is 1.15. The Kier molecular flexibility index (Phi) is 2.45. The summed E-state index contributed by atoms with van der Waals surface area (Å²) in [5, 5.41) is 9.83. The van der Waals surface area contributed by atoms with E-state index in [1.807, 2.05) is 18.2 Å². The van der Waals surface area contributed by atoms with Gasteiger partial charge in [0.15, 0.2) is 6.29 Å². The van der Waals surface area contributed by atoms with Crippen LogP contribution in [0.15, 0.2) is 22.7 Å². The second-order valence-electron chi connectivity index (χ2n) is 3.78. The Labute approximate surface area is 91.1 Å². The number of carbonyl (C=O) groups is 1. The van der Waals surface area contributed by atoms with Gasteiger partial charge >= 0.3 is 0 Å². The summed E-state index contributed by atoms with van der Waals surface area (Å²) in [6.45, 7) is 0. The first kappa shape index (κ1) is 9.87. The summed E-state index contributed by atoms with van der Waals surface area (Å²) >= 11 is 3.47. The van der Waals surface area contributed by atoms with Gasteiger partial charge in [-0.05, 0) is 30.0 Å². The van der Waals surface area contributed by atoms with Crippen LogP contribution < -0.4 is 0 Å². The second kappa shape index (κ2) is 3.48. The smallest absolute Gasteiger partial charge is 0.151 e. The van der Waals surface area contributed by atoms with Crippen LogP contribution >= 0.6 is 15.9 Å². The molecule has 2 nitrogen and oxygen atoms in total. The number of halogens is 1. The topological polar surface area (TPSA) is 37.3 Å². The minimum Gasteiger partial charge on any atom is -0.382 e. The highest BCUT2D eigenvalue weighted by molar-refractivity contribution is 9.10. The molecule has 0 bridgehead atoms. The maximum atomic E-state index is 10.7. The van der Waals surface area contributed by atoms with Crippen molar-refractivity contribution in [1.29, 1.82) is 0 Å². The zero-order valence-corrected chi connectivity index (χ0v) is 9.25. The molecule has 74 valence electrons. The lowest BCUT2D eigenvalue weighted by Crippen LogP contribution is -2.37. The van der Waals surface area contributed by atoms with E-state index in [0.717, 1.165) is 16.5 Å².